The van der Waals surface area contributed by atoms with E-state index in [9.17, 15) is 4.79 Å². The van der Waals surface area contributed by atoms with Crippen LogP contribution in [0.25, 0.3) is 11.5 Å². The van der Waals surface area contributed by atoms with Crippen LogP contribution in [0.1, 0.15) is 5.69 Å². The number of nitrogens with zero attached hydrogens (tertiary/aromatic N) is 3. The molecule has 1 aromatic rings. The predicted molar refractivity (Wildman–Crippen MR) is 65.1 cm³/mol. The normalized spacial score (nSPS) is 10.9. The van der Waals surface area contributed by atoms with Gasteiger partial charge >= 0.3 is 0 Å². The molecule has 0 unspecified atom stereocenters. The van der Waals surface area contributed by atoms with E-state index in [1.54, 1.807) is 17.7 Å². The summed E-state index contributed by atoms with van der Waals surface area (Å²) in [5.41, 5.74) is 1.51. The van der Waals surface area contributed by atoms with Gasteiger partial charge in [0.15, 0.2) is 5.82 Å². The third-order valence-corrected chi connectivity index (χ3v) is 2.74. The van der Waals surface area contributed by atoms with Gasteiger partial charge in [-0.25, -0.2) is 4.98 Å². The Morgan fingerprint density at radius 1 is 1.12 bits per heavy atom. The van der Waals surface area contributed by atoms with Crippen LogP contribution >= 0.6 is 0 Å². The molecule has 4 nitrogen and oxygen atoms in total. The van der Waals surface area contributed by atoms with Crippen LogP contribution in [0.5, 0.6) is 0 Å². The van der Waals surface area contributed by atoms with E-state index in [4.69, 9.17) is 0 Å². The number of para-hydroxylation sites is 1. The van der Waals surface area contributed by atoms with Crippen molar-refractivity contribution in [3.05, 3.63) is 65.0 Å². The molecule has 4 heteroatoms. The van der Waals surface area contributed by atoms with Crippen molar-refractivity contribution in [3.8, 4) is 11.5 Å². The summed E-state index contributed by atoms with van der Waals surface area (Å²) in [4.78, 5) is 15.9. The van der Waals surface area contributed by atoms with Gasteiger partial charge in [0.25, 0.3) is 5.56 Å². The Balaban J connectivity index is 2.22. The SMILES string of the molecule is Cc1nc2cn(-c3ccccc3)ccn-2c1=O. The third kappa shape index (κ3) is 1.54. The Bertz CT molecular complexity index is 682. The van der Waals surface area contributed by atoms with Crippen LogP contribution in [0.15, 0.2) is 53.7 Å². The first-order valence-corrected chi connectivity index (χ1v) is 5.38. The van der Waals surface area contributed by atoms with Gasteiger partial charge in [-0.2, -0.15) is 0 Å². The molecule has 2 heterocycles. The first-order valence-electron chi connectivity index (χ1n) is 5.38. The van der Waals surface area contributed by atoms with Crippen molar-refractivity contribution in [2.75, 3.05) is 0 Å². The number of rotatable bonds is 1. The average Bonchev–Trinajstić information content (AvgIpc) is 2.66. The number of benzene rings is 1. The number of hydrogen-bond donors (Lipinski definition) is 0. The molecule has 0 radical (unpaired) electrons. The highest BCUT2D eigenvalue weighted by atomic mass is 16.1. The quantitative estimate of drug-likeness (QED) is 0.633. The van der Waals surface area contributed by atoms with Gasteiger partial charge in [-0.15, -0.1) is 0 Å². The molecule has 0 aromatic heterocycles. The smallest absolute Gasteiger partial charge is 0.277 e. The second kappa shape index (κ2) is 3.59. The van der Waals surface area contributed by atoms with E-state index in [1.165, 1.54) is 0 Å². The summed E-state index contributed by atoms with van der Waals surface area (Å²) in [6.07, 6.45) is 5.44. The van der Waals surface area contributed by atoms with Crippen LogP contribution in [0.3, 0.4) is 0 Å². The van der Waals surface area contributed by atoms with Gasteiger partial charge in [0, 0.05) is 18.1 Å². The molecule has 2 aliphatic heterocycles. The lowest BCUT2D eigenvalue weighted by Gasteiger charge is -2.08. The van der Waals surface area contributed by atoms with Gasteiger partial charge in [-0.3, -0.25) is 9.36 Å². The van der Waals surface area contributed by atoms with Gasteiger partial charge in [-0.05, 0) is 19.1 Å². The Hall–Kier alpha value is -2.36. The third-order valence-electron chi connectivity index (χ3n) is 2.74. The Labute approximate surface area is 98.1 Å². The average molecular weight is 225 g/mol. The number of fused-ring (bicyclic) bond motifs is 1. The lowest BCUT2D eigenvalue weighted by atomic mass is 10.3. The maximum atomic E-state index is 11.7. The molecule has 2 aliphatic rings. The molecule has 0 saturated heterocycles. The topological polar surface area (TPSA) is 39.8 Å². The fourth-order valence-corrected chi connectivity index (χ4v) is 1.85. The Kier molecular flexibility index (Phi) is 2.08. The molecule has 0 fully saturated rings. The molecule has 0 saturated carbocycles. The fraction of sp³-hybridized carbons (Fsp3) is 0.0769. The molecule has 0 amide bonds. The Morgan fingerprint density at radius 3 is 2.65 bits per heavy atom. The summed E-state index contributed by atoms with van der Waals surface area (Å²) < 4.78 is 3.50. The van der Waals surface area contributed by atoms with Crippen LogP contribution in [-0.4, -0.2) is 14.1 Å². The highest BCUT2D eigenvalue weighted by Crippen LogP contribution is 2.10. The van der Waals surface area contributed by atoms with Gasteiger partial charge in [0.1, 0.15) is 5.69 Å². The zero-order chi connectivity index (χ0) is 11.8. The van der Waals surface area contributed by atoms with Crippen molar-refractivity contribution in [2.24, 2.45) is 0 Å². The van der Waals surface area contributed by atoms with Gasteiger partial charge in [-0.1, -0.05) is 18.2 Å². The van der Waals surface area contributed by atoms with Gasteiger partial charge < -0.3 is 4.57 Å². The molecular weight excluding hydrogens is 214 g/mol. The minimum absolute atomic E-state index is 0.0554. The molecule has 0 aliphatic carbocycles. The van der Waals surface area contributed by atoms with Crippen LogP contribution in [0.2, 0.25) is 0 Å². The van der Waals surface area contributed by atoms with Crippen molar-refractivity contribution in [1.82, 2.24) is 14.1 Å². The molecule has 3 rings (SSSR count). The highest BCUT2D eigenvalue weighted by Gasteiger charge is 2.10. The summed E-state index contributed by atoms with van der Waals surface area (Å²) in [6, 6.07) is 9.93. The standard InChI is InChI=1S/C13H11N3O/c1-10-13(17)16-8-7-15(9-12(16)14-10)11-5-3-2-4-6-11/h2-9H,1H3. The van der Waals surface area contributed by atoms with E-state index in [1.807, 2.05) is 47.3 Å². The van der Waals surface area contributed by atoms with Crippen LogP contribution in [0, 0.1) is 6.92 Å². The second-order valence-electron chi connectivity index (χ2n) is 3.90. The van der Waals surface area contributed by atoms with Crippen molar-refractivity contribution < 1.29 is 0 Å². The molecule has 0 bridgehead atoms. The second-order valence-corrected chi connectivity index (χ2v) is 3.90. The summed E-state index contributed by atoms with van der Waals surface area (Å²) in [5, 5.41) is 0. The molecule has 0 spiro atoms. The molecule has 0 atom stereocenters. The highest BCUT2D eigenvalue weighted by molar-refractivity contribution is 5.35. The van der Waals surface area contributed by atoms with Crippen molar-refractivity contribution in [1.29, 1.82) is 0 Å². The first kappa shape index (κ1) is 9.84. The molecule has 17 heavy (non-hydrogen) atoms. The van der Waals surface area contributed by atoms with Crippen molar-refractivity contribution in [3.63, 3.8) is 0 Å². The number of imidazole rings is 1. The molecule has 0 N–H and O–H groups in total. The Morgan fingerprint density at radius 2 is 1.88 bits per heavy atom. The minimum atomic E-state index is -0.0554. The van der Waals surface area contributed by atoms with E-state index in [0.29, 0.717) is 11.5 Å². The summed E-state index contributed by atoms with van der Waals surface area (Å²) in [5.74, 6) is 0.666. The lowest BCUT2D eigenvalue weighted by Crippen LogP contribution is -2.14. The van der Waals surface area contributed by atoms with Crippen LogP contribution in [-0.2, 0) is 0 Å². The molecular formula is C13H11N3O. The zero-order valence-corrected chi connectivity index (χ0v) is 9.37. The predicted octanol–water partition coefficient (Wildman–Crippen LogP) is 1.77. The van der Waals surface area contributed by atoms with E-state index in [2.05, 4.69) is 4.98 Å². The number of aromatic nitrogens is 3. The van der Waals surface area contributed by atoms with E-state index < -0.39 is 0 Å². The minimum Gasteiger partial charge on any atom is -0.319 e. The number of aryl methyl sites for hydroxylation is 1. The maximum absolute atomic E-state index is 11.7. The zero-order valence-electron chi connectivity index (χ0n) is 9.37. The van der Waals surface area contributed by atoms with Crippen molar-refractivity contribution in [2.45, 2.75) is 6.92 Å². The van der Waals surface area contributed by atoms with Crippen LogP contribution in [0.4, 0.5) is 0 Å². The monoisotopic (exact) mass is 225 g/mol. The lowest BCUT2D eigenvalue weighted by molar-refractivity contribution is 0.909. The molecule has 1 aromatic carbocycles. The van der Waals surface area contributed by atoms with E-state index in [0.717, 1.165) is 5.69 Å². The van der Waals surface area contributed by atoms with E-state index >= 15 is 0 Å². The first-order chi connectivity index (χ1) is 8.25. The summed E-state index contributed by atoms with van der Waals surface area (Å²) >= 11 is 0. The maximum Gasteiger partial charge on any atom is 0.277 e. The van der Waals surface area contributed by atoms with Crippen molar-refractivity contribution >= 4 is 0 Å². The summed E-state index contributed by atoms with van der Waals surface area (Å²) in [7, 11) is 0. The summed E-state index contributed by atoms with van der Waals surface area (Å²) in [6.45, 7) is 1.72. The van der Waals surface area contributed by atoms with Gasteiger partial charge in [0.05, 0.1) is 6.20 Å². The number of hydrogen-bond acceptors (Lipinski definition) is 2. The van der Waals surface area contributed by atoms with E-state index in [-0.39, 0.29) is 5.56 Å². The molecule has 84 valence electrons. The van der Waals surface area contributed by atoms with Gasteiger partial charge in [0.2, 0.25) is 0 Å². The van der Waals surface area contributed by atoms with Crippen LogP contribution < -0.4 is 5.56 Å². The largest absolute Gasteiger partial charge is 0.319 e. The fourth-order valence-electron chi connectivity index (χ4n) is 1.85.